The number of rotatable bonds is 2. The largest absolute Gasteiger partial charge is 0.618 e. The summed E-state index contributed by atoms with van der Waals surface area (Å²) in [4.78, 5) is 4.74. The Hall–Kier alpha value is -3.14. The minimum atomic E-state index is 0.585. The third kappa shape index (κ3) is 2.16. The summed E-state index contributed by atoms with van der Waals surface area (Å²) in [7, 11) is 1.64. The number of nitrogens with zero attached hydrogens (tertiary/aromatic N) is 2. The zero-order valence-electron chi connectivity index (χ0n) is 12.6. The van der Waals surface area contributed by atoms with E-state index in [9.17, 15) is 5.21 Å². The van der Waals surface area contributed by atoms with Gasteiger partial charge in [-0.25, -0.2) is 4.98 Å². The average Bonchev–Trinajstić information content (AvgIpc) is 2.61. The Morgan fingerprint density at radius 3 is 2.57 bits per heavy atom. The summed E-state index contributed by atoms with van der Waals surface area (Å²) in [6, 6.07) is 19.2. The van der Waals surface area contributed by atoms with Gasteiger partial charge in [-0.3, -0.25) is 0 Å². The van der Waals surface area contributed by atoms with Crippen molar-refractivity contribution in [3.8, 4) is 17.0 Å². The van der Waals surface area contributed by atoms with Crippen LogP contribution in [0.5, 0.6) is 5.75 Å². The van der Waals surface area contributed by atoms with Gasteiger partial charge in [0, 0.05) is 17.0 Å². The number of hydrogen-bond donors (Lipinski definition) is 0. The van der Waals surface area contributed by atoms with Crippen molar-refractivity contribution in [2.75, 3.05) is 7.11 Å². The van der Waals surface area contributed by atoms with Crippen LogP contribution >= 0.6 is 0 Å². The number of hydrogen-bond acceptors (Lipinski definition) is 3. The van der Waals surface area contributed by atoms with E-state index in [2.05, 4.69) is 0 Å². The predicted molar refractivity (Wildman–Crippen MR) is 90.2 cm³/mol. The predicted octanol–water partition coefficient (Wildman–Crippen LogP) is 3.70. The van der Waals surface area contributed by atoms with Gasteiger partial charge in [-0.15, -0.1) is 0 Å². The van der Waals surface area contributed by atoms with Crippen molar-refractivity contribution in [1.29, 1.82) is 0 Å². The van der Waals surface area contributed by atoms with E-state index in [0.29, 0.717) is 11.0 Å². The van der Waals surface area contributed by atoms with E-state index >= 15 is 0 Å². The summed E-state index contributed by atoms with van der Waals surface area (Å²) in [6.45, 7) is 0. The van der Waals surface area contributed by atoms with E-state index in [1.165, 1.54) is 6.20 Å². The molecule has 0 aliphatic heterocycles. The molecule has 4 rings (SSSR count). The van der Waals surface area contributed by atoms with Crippen LogP contribution in [-0.4, -0.2) is 12.1 Å². The van der Waals surface area contributed by atoms with E-state index in [0.717, 1.165) is 32.5 Å². The molecule has 2 aromatic heterocycles. The number of methoxy groups -OCH3 is 1. The number of pyridine rings is 2. The van der Waals surface area contributed by atoms with Gasteiger partial charge in [0.05, 0.1) is 18.2 Å². The highest BCUT2D eigenvalue weighted by Gasteiger charge is 2.13. The fourth-order valence-electron chi connectivity index (χ4n) is 2.86. The van der Waals surface area contributed by atoms with Crippen molar-refractivity contribution in [1.82, 2.24) is 4.98 Å². The molecule has 0 atom stereocenters. The molecule has 0 radical (unpaired) electrons. The molecule has 0 N–H and O–H groups in total. The van der Waals surface area contributed by atoms with Gasteiger partial charge in [0.2, 0.25) is 5.52 Å². The molecule has 0 saturated heterocycles. The summed E-state index contributed by atoms with van der Waals surface area (Å²) >= 11 is 0. The molecule has 0 aliphatic carbocycles. The Bertz CT molecular complexity index is 1030. The Morgan fingerprint density at radius 2 is 1.70 bits per heavy atom. The van der Waals surface area contributed by atoms with Crippen LogP contribution in [0.4, 0.5) is 0 Å². The van der Waals surface area contributed by atoms with E-state index in [1.807, 2.05) is 54.6 Å². The van der Waals surface area contributed by atoms with Gasteiger partial charge in [0.25, 0.3) is 0 Å². The molecular formula is C19H14N2O2. The molecule has 112 valence electrons. The summed E-state index contributed by atoms with van der Waals surface area (Å²) in [6.07, 6.45) is 1.50. The van der Waals surface area contributed by atoms with Gasteiger partial charge < -0.3 is 9.94 Å². The normalized spacial score (nSPS) is 11.0. The maximum absolute atomic E-state index is 12.2. The van der Waals surface area contributed by atoms with Crippen molar-refractivity contribution in [2.24, 2.45) is 0 Å². The SMILES string of the molecule is COc1ccccc1-c1ccc2ccc3ccc[n+]([O-])c3c2n1. The molecule has 0 spiro atoms. The molecule has 0 saturated carbocycles. The van der Waals surface area contributed by atoms with E-state index < -0.39 is 0 Å². The smallest absolute Gasteiger partial charge is 0.250 e. The first-order chi connectivity index (χ1) is 11.3. The highest BCUT2D eigenvalue weighted by molar-refractivity contribution is 6.01. The monoisotopic (exact) mass is 302 g/mol. The second-order valence-electron chi connectivity index (χ2n) is 5.31. The molecule has 0 amide bonds. The number of aromatic nitrogens is 2. The van der Waals surface area contributed by atoms with E-state index in [4.69, 9.17) is 9.72 Å². The first-order valence-corrected chi connectivity index (χ1v) is 7.33. The third-order valence-corrected chi connectivity index (χ3v) is 3.97. The van der Waals surface area contributed by atoms with Gasteiger partial charge in [-0.1, -0.05) is 24.3 Å². The van der Waals surface area contributed by atoms with Crippen LogP contribution in [-0.2, 0) is 0 Å². The topological polar surface area (TPSA) is 49.1 Å². The summed E-state index contributed by atoms with van der Waals surface area (Å²) < 4.78 is 6.29. The van der Waals surface area contributed by atoms with Crippen LogP contribution in [0.2, 0.25) is 0 Å². The standard InChI is InChI=1S/C19H14N2O2/c1-23-17-7-3-2-6-15(17)16-11-10-13-8-9-14-5-4-12-21(22)19(14)18(13)20-16/h2-12H,1H3. The molecule has 4 heteroatoms. The zero-order chi connectivity index (χ0) is 15.8. The van der Waals surface area contributed by atoms with Crippen LogP contribution in [0.3, 0.4) is 0 Å². The third-order valence-electron chi connectivity index (χ3n) is 3.97. The van der Waals surface area contributed by atoms with Crippen LogP contribution in [0.1, 0.15) is 0 Å². The highest BCUT2D eigenvalue weighted by atomic mass is 16.5. The van der Waals surface area contributed by atoms with Crippen LogP contribution in [0.25, 0.3) is 33.1 Å². The van der Waals surface area contributed by atoms with Crippen LogP contribution in [0.15, 0.2) is 66.9 Å². The summed E-state index contributed by atoms with van der Waals surface area (Å²) in [5.41, 5.74) is 2.97. The fourth-order valence-corrected chi connectivity index (χ4v) is 2.86. The first-order valence-electron chi connectivity index (χ1n) is 7.33. The lowest BCUT2D eigenvalue weighted by Gasteiger charge is -2.09. The molecule has 0 aliphatic rings. The minimum Gasteiger partial charge on any atom is -0.618 e. The first kappa shape index (κ1) is 13.5. The minimum absolute atomic E-state index is 0.585. The van der Waals surface area contributed by atoms with Crippen molar-refractivity contribution < 1.29 is 9.47 Å². The quantitative estimate of drug-likeness (QED) is 0.322. The molecule has 4 aromatic rings. The van der Waals surface area contributed by atoms with Crippen LogP contribution < -0.4 is 9.47 Å². The number of para-hydroxylation sites is 1. The van der Waals surface area contributed by atoms with Crippen molar-refractivity contribution in [2.45, 2.75) is 0 Å². The van der Waals surface area contributed by atoms with Crippen molar-refractivity contribution >= 4 is 21.8 Å². The fraction of sp³-hybridized carbons (Fsp3) is 0.0526. The summed E-state index contributed by atoms with van der Waals surface area (Å²) in [5.74, 6) is 0.759. The molecule has 0 fully saturated rings. The Morgan fingerprint density at radius 1 is 0.913 bits per heavy atom. The Balaban J connectivity index is 2.05. The zero-order valence-corrected chi connectivity index (χ0v) is 12.6. The molecule has 23 heavy (non-hydrogen) atoms. The number of ether oxygens (including phenoxy) is 1. The maximum atomic E-state index is 12.2. The number of fused-ring (bicyclic) bond motifs is 3. The second kappa shape index (κ2) is 5.25. The van der Waals surface area contributed by atoms with E-state index in [-0.39, 0.29) is 0 Å². The summed E-state index contributed by atoms with van der Waals surface area (Å²) in [5, 5.41) is 14.0. The number of benzene rings is 2. The van der Waals surface area contributed by atoms with Gasteiger partial charge in [0.15, 0.2) is 6.20 Å². The van der Waals surface area contributed by atoms with Gasteiger partial charge >= 0.3 is 0 Å². The van der Waals surface area contributed by atoms with Crippen molar-refractivity contribution in [3.63, 3.8) is 0 Å². The Kier molecular flexibility index (Phi) is 3.08. The molecule has 0 unspecified atom stereocenters. The Labute approximate surface area is 133 Å². The molecule has 0 bridgehead atoms. The highest BCUT2D eigenvalue weighted by Crippen LogP contribution is 2.30. The lowest BCUT2D eigenvalue weighted by atomic mass is 10.1. The molecular weight excluding hydrogens is 288 g/mol. The van der Waals surface area contributed by atoms with E-state index in [1.54, 1.807) is 13.2 Å². The maximum Gasteiger partial charge on any atom is 0.250 e. The second-order valence-corrected chi connectivity index (χ2v) is 5.31. The molecule has 2 aromatic carbocycles. The average molecular weight is 302 g/mol. The van der Waals surface area contributed by atoms with Crippen LogP contribution in [0, 0.1) is 5.21 Å². The van der Waals surface area contributed by atoms with Gasteiger partial charge in [-0.2, -0.15) is 4.73 Å². The molecule has 2 heterocycles. The van der Waals surface area contributed by atoms with Gasteiger partial charge in [0.1, 0.15) is 11.3 Å². The van der Waals surface area contributed by atoms with Crippen molar-refractivity contribution in [3.05, 3.63) is 72.1 Å². The molecule has 4 nitrogen and oxygen atoms in total. The lowest BCUT2D eigenvalue weighted by molar-refractivity contribution is -0.576. The lowest BCUT2D eigenvalue weighted by Crippen LogP contribution is -2.26. The van der Waals surface area contributed by atoms with Gasteiger partial charge in [-0.05, 0) is 30.3 Å².